The fourth-order valence-electron chi connectivity index (χ4n) is 3.35. The van der Waals surface area contributed by atoms with Crippen molar-refractivity contribution in [3.05, 3.63) is 35.9 Å². The summed E-state index contributed by atoms with van der Waals surface area (Å²) in [5.41, 5.74) is 1.43. The third kappa shape index (κ3) is 3.16. The minimum Gasteiger partial charge on any atom is -0.379 e. The Bertz CT molecular complexity index is 395. The van der Waals surface area contributed by atoms with Crippen molar-refractivity contribution in [3.63, 3.8) is 0 Å². The van der Waals surface area contributed by atoms with Crippen molar-refractivity contribution >= 4 is 0 Å². The van der Waals surface area contributed by atoms with E-state index >= 15 is 0 Å². The number of likely N-dealkylation sites (tertiary alicyclic amines) is 1. The van der Waals surface area contributed by atoms with Crippen LogP contribution in [0, 0.1) is 0 Å². The van der Waals surface area contributed by atoms with Gasteiger partial charge < -0.3 is 4.74 Å². The molecule has 0 bridgehead atoms. The summed E-state index contributed by atoms with van der Waals surface area (Å²) in [6.07, 6.45) is 1.30. The van der Waals surface area contributed by atoms with Gasteiger partial charge >= 0.3 is 0 Å². The van der Waals surface area contributed by atoms with E-state index in [4.69, 9.17) is 4.74 Å². The molecule has 0 saturated carbocycles. The fourth-order valence-corrected chi connectivity index (χ4v) is 3.35. The van der Waals surface area contributed by atoms with E-state index in [1.807, 2.05) is 0 Å². The van der Waals surface area contributed by atoms with Crippen LogP contribution in [0.4, 0.5) is 0 Å². The van der Waals surface area contributed by atoms with E-state index in [1.54, 1.807) is 0 Å². The van der Waals surface area contributed by atoms with Crippen molar-refractivity contribution in [2.75, 3.05) is 32.8 Å². The number of hydrogen-bond donors (Lipinski definition) is 0. The molecule has 0 spiro atoms. The van der Waals surface area contributed by atoms with E-state index in [1.165, 1.54) is 25.1 Å². The van der Waals surface area contributed by atoms with Crippen molar-refractivity contribution in [2.24, 2.45) is 0 Å². The van der Waals surface area contributed by atoms with Crippen molar-refractivity contribution in [1.82, 2.24) is 9.80 Å². The number of hydrogen-bond acceptors (Lipinski definition) is 3. The Labute approximate surface area is 116 Å². The number of benzene rings is 1. The summed E-state index contributed by atoms with van der Waals surface area (Å²) in [5.74, 6) is 0. The highest BCUT2D eigenvalue weighted by Gasteiger charge is 2.31. The lowest BCUT2D eigenvalue weighted by Crippen LogP contribution is -2.50. The van der Waals surface area contributed by atoms with E-state index in [2.05, 4.69) is 47.1 Å². The van der Waals surface area contributed by atoms with Crippen LogP contribution in [-0.2, 0) is 11.3 Å². The molecule has 2 aliphatic rings. The van der Waals surface area contributed by atoms with Crippen LogP contribution >= 0.6 is 0 Å². The van der Waals surface area contributed by atoms with Gasteiger partial charge in [0.2, 0.25) is 0 Å². The molecule has 0 amide bonds. The SMILES string of the molecule is C[C@@H]1COCCN1[C@@H]1CCN(Cc2ccccc2)C1. The number of rotatable bonds is 3. The number of morpholine rings is 1. The van der Waals surface area contributed by atoms with Crippen LogP contribution < -0.4 is 0 Å². The molecule has 0 N–H and O–H groups in total. The van der Waals surface area contributed by atoms with Gasteiger partial charge in [0.15, 0.2) is 0 Å². The summed E-state index contributed by atoms with van der Waals surface area (Å²) in [6.45, 7) is 8.72. The van der Waals surface area contributed by atoms with Crippen LogP contribution in [0.5, 0.6) is 0 Å². The normalized spacial score (nSPS) is 29.7. The predicted octanol–water partition coefficient (Wildman–Crippen LogP) is 1.98. The average Bonchev–Trinajstić information content (AvgIpc) is 2.89. The largest absolute Gasteiger partial charge is 0.379 e. The number of ether oxygens (including phenoxy) is 1. The highest BCUT2D eigenvalue weighted by molar-refractivity contribution is 5.14. The Kier molecular flexibility index (Phi) is 4.16. The van der Waals surface area contributed by atoms with E-state index < -0.39 is 0 Å². The van der Waals surface area contributed by atoms with E-state index in [9.17, 15) is 0 Å². The first-order valence-electron chi connectivity index (χ1n) is 7.42. The van der Waals surface area contributed by atoms with Gasteiger partial charge in [-0.25, -0.2) is 0 Å². The van der Waals surface area contributed by atoms with Crippen molar-refractivity contribution in [1.29, 1.82) is 0 Å². The zero-order chi connectivity index (χ0) is 13.1. The average molecular weight is 260 g/mol. The second-order valence-electron chi connectivity index (χ2n) is 5.82. The summed E-state index contributed by atoms with van der Waals surface area (Å²) >= 11 is 0. The molecule has 0 aromatic heterocycles. The van der Waals surface area contributed by atoms with Crippen LogP contribution in [0.15, 0.2) is 30.3 Å². The van der Waals surface area contributed by atoms with E-state index in [0.29, 0.717) is 6.04 Å². The van der Waals surface area contributed by atoms with Crippen LogP contribution in [0.2, 0.25) is 0 Å². The first kappa shape index (κ1) is 13.1. The molecule has 19 heavy (non-hydrogen) atoms. The Balaban J connectivity index is 1.55. The smallest absolute Gasteiger partial charge is 0.0619 e. The fraction of sp³-hybridized carbons (Fsp3) is 0.625. The molecule has 3 heteroatoms. The van der Waals surface area contributed by atoms with Crippen LogP contribution in [-0.4, -0.2) is 54.7 Å². The van der Waals surface area contributed by atoms with Crippen molar-refractivity contribution < 1.29 is 4.74 Å². The molecule has 3 rings (SSSR count). The van der Waals surface area contributed by atoms with Gasteiger partial charge in [-0.1, -0.05) is 30.3 Å². The molecular weight excluding hydrogens is 236 g/mol. The van der Waals surface area contributed by atoms with Gasteiger partial charge in [0.05, 0.1) is 13.2 Å². The summed E-state index contributed by atoms with van der Waals surface area (Å²) < 4.78 is 5.54. The van der Waals surface area contributed by atoms with Gasteiger partial charge in [-0.15, -0.1) is 0 Å². The molecule has 0 aliphatic carbocycles. The molecule has 1 aromatic rings. The lowest BCUT2D eigenvalue weighted by atomic mass is 10.1. The molecule has 0 radical (unpaired) electrons. The highest BCUT2D eigenvalue weighted by atomic mass is 16.5. The molecular formula is C16H24N2O. The first-order chi connectivity index (χ1) is 9.33. The van der Waals surface area contributed by atoms with Crippen LogP contribution in [0.1, 0.15) is 18.9 Å². The maximum atomic E-state index is 5.54. The molecule has 2 heterocycles. The second-order valence-corrected chi connectivity index (χ2v) is 5.82. The minimum atomic E-state index is 0.579. The zero-order valence-corrected chi connectivity index (χ0v) is 11.8. The Morgan fingerprint density at radius 3 is 2.84 bits per heavy atom. The summed E-state index contributed by atoms with van der Waals surface area (Å²) in [5, 5.41) is 0. The van der Waals surface area contributed by atoms with E-state index in [-0.39, 0.29) is 0 Å². The predicted molar refractivity (Wildman–Crippen MR) is 77.1 cm³/mol. The van der Waals surface area contributed by atoms with Crippen molar-refractivity contribution in [3.8, 4) is 0 Å². The molecule has 1 aromatic carbocycles. The Morgan fingerprint density at radius 2 is 2.05 bits per heavy atom. The van der Waals surface area contributed by atoms with Gasteiger partial charge in [-0.05, 0) is 18.9 Å². The molecule has 0 unspecified atom stereocenters. The molecule has 104 valence electrons. The molecule has 2 saturated heterocycles. The third-order valence-corrected chi connectivity index (χ3v) is 4.38. The molecule has 2 fully saturated rings. The maximum Gasteiger partial charge on any atom is 0.0619 e. The first-order valence-corrected chi connectivity index (χ1v) is 7.42. The van der Waals surface area contributed by atoms with Gasteiger partial charge in [-0.2, -0.15) is 0 Å². The molecule has 2 atom stereocenters. The van der Waals surface area contributed by atoms with E-state index in [0.717, 1.165) is 32.3 Å². The van der Waals surface area contributed by atoms with Gasteiger partial charge in [0, 0.05) is 38.3 Å². The monoisotopic (exact) mass is 260 g/mol. The third-order valence-electron chi connectivity index (χ3n) is 4.38. The zero-order valence-electron chi connectivity index (χ0n) is 11.8. The lowest BCUT2D eigenvalue weighted by Gasteiger charge is -2.37. The minimum absolute atomic E-state index is 0.579. The maximum absolute atomic E-state index is 5.54. The van der Waals surface area contributed by atoms with Crippen molar-refractivity contribution in [2.45, 2.75) is 32.0 Å². The quantitative estimate of drug-likeness (QED) is 0.826. The molecule has 3 nitrogen and oxygen atoms in total. The standard InChI is InChI=1S/C16H24N2O/c1-14-13-19-10-9-18(14)16-7-8-17(12-16)11-15-5-3-2-4-6-15/h2-6,14,16H,7-13H2,1H3/t14-,16-/m1/s1. The molecule has 2 aliphatic heterocycles. The van der Waals surface area contributed by atoms with Gasteiger partial charge in [0.25, 0.3) is 0 Å². The Hall–Kier alpha value is -0.900. The lowest BCUT2D eigenvalue weighted by molar-refractivity contribution is -0.0200. The summed E-state index contributed by atoms with van der Waals surface area (Å²) in [6, 6.07) is 12.1. The highest BCUT2D eigenvalue weighted by Crippen LogP contribution is 2.21. The topological polar surface area (TPSA) is 15.7 Å². The summed E-state index contributed by atoms with van der Waals surface area (Å²) in [7, 11) is 0. The summed E-state index contributed by atoms with van der Waals surface area (Å²) in [4.78, 5) is 5.23. The Morgan fingerprint density at radius 1 is 1.21 bits per heavy atom. The van der Waals surface area contributed by atoms with Crippen LogP contribution in [0.3, 0.4) is 0 Å². The van der Waals surface area contributed by atoms with Crippen LogP contribution in [0.25, 0.3) is 0 Å². The van der Waals surface area contributed by atoms with Gasteiger partial charge in [-0.3, -0.25) is 9.80 Å². The second kappa shape index (κ2) is 6.04. The van der Waals surface area contributed by atoms with Gasteiger partial charge in [0.1, 0.15) is 0 Å². The number of nitrogens with zero attached hydrogens (tertiary/aromatic N) is 2.